The summed E-state index contributed by atoms with van der Waals surface area (Å²) in [5.74, 6) is 0.445. The standard InChI is InChI=1S/C10H22N2O/c1-5-8(4)12-10(13)9(11)6-7(2)3/h7-9H,5-6,11H2,1-4H3,(H,12,13)/t8-,9+/m1/s1. The Balaban J connectivity index is 3.82. The van der Waals surface area contributed by atoms with Gasteiger partial charge < -0.3 is 11.1 Å². The first-order chi connectivity index (χ1) is 5.97. The molecule has 0 aliphatic heterocycles. The van der Waals surface area contributed by atoms with Crippen LogP contribution in [0.3, 0.4) is 0 Å². The largest absolute Gasteiger partial charge is 0.352 e. The zero-order valence-corrected chi connectivity index (χ0v) is 9.13. The monoisotopic (exact) mass is 186 g/mol. The van der Waals surface area contributed by atoms with Gasteiger partial charge in [0.1, 0.15) is 0 Å². The highest BCUT2D eigenvalue weighted by atomic mass is 16.2. The molecule has 0 aromatic carbocycles. The summed E-state index contributed by atoms with van der Waals surface area (Å²) >= 11 is 0. The average molecular weight is 186 g/mol. The molecule has 0 aromatic rings. The Bertz CT molecular complexity index is 157. The molecule has 0 aromatic heterocycles. The SMILES string of the molecule is CC[C@@H](C)NC(=O)[C@@H](N)CC(C)C. The Labute approximate surface area is 81.1 Å². The van der Waals surface area contributed by atoms with Crippen molar-refractivity contribution in [2.45, 2.75) is 52.6 Å². The molecule has 2 atom stereocenters. The van der Waals surface area contributed by atoms with Crippen LogP contribution in [0, 0.1) is 5.92 Å². The zero-order valence-electron chi connectivity index (χ0n) is 9.13. The van der Waals surface area contributed by atoms with Gasteiger partial charge >= 0.3 is 0 Å². The van der Waals surface area contributed by atoms with Gasteiger partial charge in [0, 0.05) is 6.04 Å². The van der Waals surface area contributed by atoms with Crippen LogP contribution in [-0.4, -0.2) is 18.0 Å². The lowest BCUT2D eigenvalue weighted by molar-refractivity contribution is -0.123. The summed E-state index contributed by atoms with van der Waals surface area (Å²) in [6, 6.07) is -0.125. The number of amides is 1. The maximum atomic E-state index is 11.4. The number of hydrogen-bond donors (Lipinski definition) is 2. The van der Waals surface area contributed by atoms with Gasteiger partial charge in [-0.1, -0.05) is 20.8 Å². The second kappa shape index (κ2) is 5.97. The lowest BCUT2D eigenvalue weighted by Crippen LogP contribution is -2.44. The van der Waals surface area contributed by atoms with Gasteiger partial charge in [0.15, 0.2) is 0 Å². The molecule has 3 heteroatoms. The summed E-state index contributed by atoms with van der Waals surface area (Å²) in [4.78, 5) is 11.4. The molecule has 0 bridgehead atoms. The predicted octanol–water partition coefficient (Wildman–Crippen LogP) is 1.27. The number of nitrogens with one attached hydrogen (secondary N) is 1. The number of rotatable bonds is 5. The minimum absolute atomic E-state index is 0.0250. The topological polar surface area (TPSA) is 55.1 Å². The Morgan fingerprint density at radius 1 is 1.38 bits per heavy atom. The van der Waals surface area contributed by atoms with Crippen molar-refractivity contribution in [1.29, 1.82) is 0 Å². The molecule has 0 radical (unpaired) electrons. The fourth-order valence-corrected chi connectivity index (χ4v) is 1.07. The third kappa shape index (κ3) is 5.64. The number of carbonyl (C=O) groups is 1. The molecule has 0 rings (SSSR count). The van der Waals surface area contributed by atoms with Crippen molar-refractivity contribution >= 4 is 5.91 Å². The molecule has 0 unspecified atom stereocenters. The average Bonchev–Trinajstić information content (AvgIpc) is 2.02. The molecule has 13 heavy (non-hydrogen) atoms. The van der Waals surface area contributed by atoms with Gasteiger partial charge in [-0.2, -0.15) is 0 Å². The van der Waals surface area contributed by atoms with Crippen molar-refractivity contribution in [2.24, 2.45) is 11.7 Å². The van der Waals surface area contributed by atoms with Gasteiger partial charge in [-0.05, 0) is 25.7 Å². The Morgan fingerprint density at radius 3 is 2.31 bits per heavy atom. The molecule has 3 N–H and O–H groups in total. The van der Waals surface area contributed by atoms with E-state index in [-0.39, 0.29) is 18.0 Å². The molecule has 0 heterocycles. The fraction of sp³-hybridized carbons (Fsp3) is 0.900. The summed E-state index contributed by atoms with van der Waals surface area (Å²) in [5.41, 5.74) is 5.71. The minimum atomic E-state index is -0.353. The van der Waals surface area contributed by atoms with Crippen molar-refractivity contribution in [2.75, 3.05) is 0 Å². The highest BCUT2D eigenvalue weighted by molar-refractivity contribution is 5.81. The van der Waals surface area contributed by atoms with Gasteiger partial charge in [0.05, 0.1) is 6.04 Å². The van der Waals surface area contributed by atoms with E-state index in [4.69, 9.17) is 5.73 Å². The first-order valence-corrected chi connectivity index (χ1v) is 5.03. The lowest BCUT2D eigenvalue weighted by atomic mass is 10.0. The highest BCUT2D eigenvalue weighted by Gasteiger charge is 2.15. The third-order valence-corrected chi connectivity index (χ3v) is 2.06. The summed E-state index contributed by atoms with van der Waals surface area (Å²) < 4.78 is 0. The van der Waals surface area contributed by atoms with Crippen LogP contribution in [0.2, 0.25) is 0 Å². The quantitative estimate of drug-likeness (QED) is 0.679. The molecular formula is C10H22N2O. The van der Waals surface area contributed by atoms with Crippen molar-refractivity contribution < 1.29 is 4.79 Å². The molecule has 1 amide bonds. The molecular weight excluding hydrogens is 164 g/mol. The van der Waals surface area contributed by atoms with Crippen molar-refractivity contribution in [1.82, 2.24) is 5.32 Å². The first-order valence-electron chi connectivity index (χ1n) is 5.03. The molecule has 3 nitrogen and oxygen atoms in total. The smallest absolute Gasteiger partial charge is 0.237 e. The van der Waals surface area contributed by atoms with Gasteiger partial charge in [-0.15, -0.1) is 0 Å². The lowest BCUT2D eigenvalue weighted by Gasteiger charge is -2.17. The zero-order chi connectivity index (χ0) is 10.4. The number of carbonyl (C=O) groups excluding carboxylic acids is 1. The minimum Gasteiger partial charge on any atom is -0.352 e. The number of nitrogens with two attached hydrogens (primary N) is 1. The molecule has 0 saturated carbocycles. The molecule has 0 aliphatic carbocycles. The van der Waals surface area contributed by atoms with E-state index in [0.717, 1.165) is 12.8 Å². The molecule has 0 aliphatic rings. The normalized spacial score (nSPS) is 15.5. The Morgan fingerprint density at radius 2 is 1.92 bits per heavy atom. The summed E-state index contributed by atoms with van der Waals surface area (Å²) in [7, 11) is 0. The van der Waals surface area contributed by atoms with Crippen LogP contribution >= 0.6 is 0 Å². The fourth-order valence-electron chi connectivity index (χ4n) is 1.07. The maximum absolute atomic E-state index is 11.4. The van der Waals surface area contributed by atoms with Gasteiger partial charge in [-0.3, -0.25) is 4.79 Å². The van der Waals surface area contributed by atoms with Crippen molar-refractivity contribution in [3.05, 3.63) is 0 Å². The first kappa shape index (κ1) is 12.4. The highest BCUT2D eigenvalue weighted by Crippen LogP contribution is 2.03. The van der Waals surface area contributed by atoms with E-state index >= 15 is 0 Å². The van der Waals surface area contributed by atoms with E-state index in [1.54, 1.807) is 0 Å². The predicted molar refractivity (Wildman–Crippen MR) is 55.3 cm³/mol. The van der Waals surface area contributed by atoms with E-state index < -0.39 is 0 Å². The summed E-state index contributed by atoms with van der Waals surface area (Å²) in [5, 5.41) is 2.87. The Kier molecular flexibility index (Phi) is 5.71. The van der Waals surface area contributed by atoms with Crippen LogP contribution in [0.15, 0.2) is 0 Å². The van der Waals surface area contributed by atoms with Crippen LogP contribution in [0.1, 0.15) is 40.5 Å². The Hall–Kier alpha value is -0.570. The van der Waals surface area contributed by atoms with Gasteiger partial charge in [0.25, 0.3) is 0 Å². The molecule has 0 saturated heterocycles. The van der Waals surface area contributed by atoms with E-state index in [2.05, 4.69) is 19.2 Å². The maximum Gasteiger partial charge on any atom is 0.237 e. The molecule has 78 valence electrons. The van der Waals surface area contributed by atoms with Gasteiger partial charge in [-0.25, -0.2) is 0 Å². The van der Waals surface area contributed by atoms with Crippen molar-refractivity contribution in [3.63, 3.8) is 0 Å². The van der Waals surface area contributed by atoms with Gasteiger partial charge in [0.2, 0.25) is 5.91 Å². The summed E-state index contributed by atoms with van der Waals surface area (Å²) in [6.07, 6.45) is 1.70. The van der Waals surface area contributed by atoms with Crippen LogP contribution in [0.5, 0.6) is 0 Å². The number of hydrogen-bond acceptors (Lipinski definition) is 2. The molecule has 0 fully saturated rings. The van der Waals surface area contributed by atoms with E-state index in [1.165, 1.54) is 0 Å². The van der Waals surface area contributed by atoms with Crippen molar-refractivity contribution in [3.8, 4) is 0 Å². The second-order valence-corrected chi connectivity index (χ2v) is 4.05. The third-order valence-electron chi connectivity index (χ3n) is 2.06. The van der Waals surface area contributed by atoms with E-state index in [1.807, 2.05) is 13.8 Å². The summed E-state index contributed by atoms with van der Waals surface area (Å²) in [6.45, 7) is 8.16. The van der Waals surface area contributed by atoms with Crippen LogP contribution in [0.25, 0.3) is 0 Å². The van der Waals surface area contributed by atoms with Crippen LogP contribution < -0.4 is 11.1 Å². The second-order valence-electron chi connectivity index (χ2n) is 4.05. The van der Waals surface area contributed by atoms with Crippen LogP contribution in [0.4, 0.5) is 0 Å². The molecule has 0 spiro atoms. The van der Waals surface area contributed by atoms with Crippen LogP contribution in [-0.2, 0) is 4.79 Å². The van der Waals surface area contributed by atoms with E-state index in [9.17, 15) is 4.79 Å². The van der Waals surface area contributed by atoms with E-state index in [0.29, 0.717) is 5.92 Å².